The molecule has 6 heteroatoms. The number of hydrogen-bond donors (Lipinski definition) is 2. The van der Waals surface area contributed by atoms with E-state index < -0.39 is 0 Å². The molecule has 6 nitrogen and oxygen atoms in total. The Morgan fingerprint density at radius 1 is 1.37 bits per heavy atom. The number of hydrogen-bond acceptors (Lipinski definition) is 3. The molecule has 0 aromatic heterocycles. The van der Waals surface area contributed by atoms with Crippen molar-refractivity contribution in [1.82, 2.24) is 9.80 Å². The molecule has 3 N–H and O–H groups in total. The van der Waals surface area contributed by atoms with Crippen LogP contribution >= 0.6 is 0 Å². The molecule has 0 radical (unpaired) electrons. The number of nitrogens with one attached hydrogen (secondary N) is 1. The summed E-state index contributed by atoms with van der Waals surface area (Å²) >= 11 is 0. The highest BCUT2D eigenvalue weighted by molar-refractivity contribution is 5.94. The van der Waals surface area contributed by atoms with Crippen molar-refractivity contribution in [1.29, 1.82) is 0 Å². The molecule has 1 saturated heterocycles. The van der Waals surface area contributed by atoms with Gasteiger partial charge in [-0.1, -0.05) is 12.1 Å². The van der Waals surface area contributed by atoms with Crippen LogP contribution in [-0.2, 0) is 4.79 Å². The number of carbonyl (C=O) groups excluding carboxylic acids is 2. The number of likely N-dealkylation sites (N-methyl/N-ethyl adjacent to an activating group) is 1. The van der Waals surface area contributed by atoms with E-state index in [0.29, 0.717) is 31.0 Å². The van der Waals surface area contributed by atoms with Crippen molar-refractivity contribution in [2.24, 2.45) is 0 Å². The molecule has 1 aromatic rings. The second-order valence-corrected chi connectivity index (χ2v) is 4.58. The minimum atomic E-state index is -0.139. The molecule has 0 spiro atoms. The number of nitrogen functional groups attached to an aromatic ring is 1. The number of carbonyl (C=O) groups is 2. The third kappa shape index (κ3) is 3.15. The maximum Gasteiger partial charge on any atom is 0.319 e. The van der Waals surface area contributed by atoms with Crippen molar-refractivity contribution >= 4 is 23.3 Å². The third-order valence-electron chi connectivity index (χ3n) is 3.15. The summed E-state index contributed by atoms with van der Waals surface area (Å²) in [7, 11) is 1.76. The van der Waals surface area contributed by atoms with E-state index in [1.54, 1.807) is 29.0 Å². The zero-order chi connectivity index (χ0) is 13.8. The first-order valence-corrected chi connectivity index (χ1v) is 6.22. The second kappa shape index (κ2) is 5.60. The lowest BCUT2D eigenvalue weighted by atomic mass is 10.2. The van der Waals surface area contributed by atoms with Gasteiger partial charge in [-0.05, 0) is 12.1 Å². The fourth-order valence-electron chi connectivity index (χ4n) is 1.97. The van der Waals surface area contributed by atoms with Crippen molar-refractivity contribution < 1.29 is 9.59 Å². The molecule has 1 aromatic carbocycles. The number of urea groups is 1. The molecule has 1 aliphatic rings. The van der Waals surface area contributed by atoms with E-state index in [9.17, 15) is 9.59 Å². The van der Waals surface area contributed by atoms with Crippen LogP contribution in [0.2, 0.25) is 0 Å². The summed E-state index contributed by atoms with van der Waals surface area (Å²) in [5.74, 6) is -0.139. The Labute approximate surface area is 112 Å². The normalized spacial score (nSPS) is 14.9. The minimum Gasteiger partial charge on any atom is -0.397 e. The van der Waals surface area contributed by atoms with Crippen LogP contribution in [0.1, 0.15) is 6.42 Å². The summed E-state index contributed by atoms with van der Waals surface area (Å²) in [5.41, 5.74) is 6.89. The van der Waals surface area contributed by atoms with Crippen molar-refractivity contribution in [2.75, 3.05) is 37.7 Å². The Balaban J connectivity index is 1.83. The Hall–Kier alpha value is -2.24. The van der Waals surface area contributed by atoms with Crippen molar-refractivity contribution in [2.45, 2.75) is 6.42 Å². The molecule has 0 atom stereocenters. The predicted octanol–water partition coefficient (Wildman–Crippen LogP) is 0.965. The maximum atomic E-state index is 11.8. The fourth-order valence-corrected chi connectivity index (χ4v) is 1.97. The molecule has 19 heavy (non-hydrogen) atoms. The van der Waals surface area contributed by atoms with Crippen LogP contribution in [0.25, 0.3) is 0 Å². The first-order chi connectivity index (χ1) is 9.08. The molecule has 0 unspecified atom stereocenters. The van der Waals surface area contributed by atoms with Gasteiger partial charge in [0.15, 0.2) is 0 Å². The Kier molecular flexibility index (Phi) is 3.89. The topological polar surface area (TPSA) is 78.7 Å². The molecule has 1 fully saturated rings. The van der Waals surface area contributed by atoms with E-state index in [4.69, 9.17) is 5.73 Å². The van der Waals surface area contributed by atoms with Crippen LogP contribution in [0.15, 0.2) is 24.3 Å². The monoisotopic (exact) mass is 262 g/mol. The van der Waals surface area contributed by atoms with Gasteiger partial charge in [0, 0.05) is 33.1 Å². The van der Waals surface area contributed by atoms with E-state index in [1.165, 1.54) is 0 Å². The predicted molar refractivity (Wildman–Crippen MR) is 73.7 cm³/mol. The minimum absolute atomic E-state index is 0.0213. The zero-order valence-corrected chi connectivity index (χ0v) is 10.9. The van der Waals surface area contributed by atoms with Crippen LogP contribution in [-0.4, -0.2) is 48.4 Å². The SMILES string of the molecule is CN1CCN(CCC(=O)Nc2ccccc2N)C1=O. The molecule has 0 aliphatic carbocycles. The molecule has 3 amide bonds. The quantitative estimate of drug-likeness (QED) is 0.793. The summed E-state index contributed by atoms with van der Waals surface area (Å²) in [5, 5.41) is 2.74. The molecule has 102 valence electrons. The van der Waals surface area contributed by atoms with E-state index >= 15 is 0 Å². The summed E-state index contributed by atoms with van der Waals surface area (Å²) in [4.78, 5) is 26.7. The van der Waals surface area contributed by atoms with Gasteiger partial charge in [0.05, 0.1) is 11.4 Å². The molecular formula is C13H18N4O2. The van der Waals surface area contributed by atoms with Crippen LogP contribution in [0.5, 0.6) is 0 Å². The van der Waals surface area contributed by atoms with Crippen molar-refractivity contribution in [3.8, 4) is 0 Å². The van der Waals surface area contributed by atoms with Crippen LogP contribution in [0, 0.1) is 0 Å². The van der Waals surface area contributed by atoms with E-state index in [1.807, 2.05) is 12.1 Å². The molecular weight excluding hydrogens is 244 g/mol. The number of nitrogens with zero attached hydrogens (tertiary/aromatic N) is 2. The molecule has 0 saturated carbocycles. The van der Waals surface area contributed by atoms with Gasteiger partial charge in [-0.25, -0.2) is 4.79 Å². The van der Waals surface area contributed by atoms with Gasteiger partial charge in [0.1, 0.15) is 0 Å². The lowest BCUT2D eigenvalue weighted by Gasteiger charge is -2.15. The largest absolute Gasteiger partial charge is 0.397 e. The number of rotatable bonds is 4. The summed E-state index contributed by atoms with van der Waals surface area (Å²) in [6.07, 6.45) is 0.272. The number of anilines is 2. The highest BCUT2D eigenvalue weighted by Crippen LogP contribution is 2.17. The lowest BCUT2D eigenvalue weighted by molar-refractivity contribution is -0.116. The van der Waals surface area contributed by atoms with Gasteiger partial charge in [-0.2, -0.15) is 0 Å². The molecule has 1 heterocycles. The molecule has 1 aliphatic heterocycles. The third-order valence-corrected chi connectivity index (χ3v) is 3.15. The summed E-state index contributed by atoms with van der Waals surface area (Å²) in [6.45, 7) is 1.82. The summed E-state index contributed by atoms with van der Waals surface area (Å²) in [6, 6.07) is 7.08. The fraction of sp³-hybridized carbons (Fsp3) is 0.385. The van der Waals surface area contributed by atoms with Crippen molar-refractivity contribution in [3.63, 3.8) is 0 Å². The Morgan fingerprint density at radius 3 is 2.74 bits per heavy atom. The van der Waals surface area contributed by atoms with Gasteiger partial charge in [-0.15, -0.1) is 0 Å². The number of nitrogens with two attached hydrogens (primary N) is 1. The van der Waals surface area contributed by atoms with E-state index in [0.717, 1.165) is 0 Å². The van der Waals surface area contributed by atoms with Crippen LogP contribution in [0.3, 0.4) is 0 Å². The van der Waals surface area contributed by atoms with Crippen LogP contribution in [0.4, 0.5) is 16.2 Å². The van der Waals surface area contributed by atoms with Gasteiger partial charge in [0.25, 0.3) is 0 Å². The average Bonchev–Trinajstić information content (AvgIpc) is 2.70. The van der Waals surface area contributed by atoms with Crippen LogP contribution < -0.4 is 11.1 Å². The first-order valence-electron chi connectivity index (χ1n) is 6.22. The zero-order valence-electron chi connectivity index (χ0n) is 10.9. The number of benzene rings is 1. The van der Waals surface area contributed by atoms with Gasteiger partial charge in [-0.3, -0.25) is 4.79 Å². The molecule has 2 rings (SSSR count). The smallest absolute Gasteiger partial charge is 0.319 e. The highest BCUT2D eigenvalue weighted by Gasteiger charge is 2.25. The maximum absolute atomic E-state index is 11.8. The number of amides is 3. The lowest BCUT2D eigenvalue weighted by Crippen LogP contribution is -2.32. The summed E-state index contributed by atoms with van der Waals surface area (Å²) < 4.78 is 0. The van der Waals surface area contributed by atoms with Gasteiger partial charge < -0.3 is 20.9 Å². The van der Waals surface area contributed by atoms with E-state index in [2.05, 4.69) is 5.32 Å². The second-order valence-electron chi connectivity index (χ2n) is 4.58. The van der Waals surface area contributed by atoms with Gasteiger partial charge >= 0.3 is 6.03 Å². The first kappa shape index (κ1) is 13.2. The number of para-hydroxylation sites is 2. The average molecular weight is 262 g/mol. The highest BCUT2D eigenvalue weighted by atomic mass is 16.2. The standard InChI is InChI=1S/C13H18N4O2/c1-16-8-9-17(13(16)19)7-6-12(18)15-11-5-3-2-4-10(11)14/h2-5H,6-9,14H2,1H3,(H,15,18). The molecule has 0 bridgehead atoms. The van der Waals surface area contributed by atoms with Crippen molar-refractivity contribution in [3.05, 3.63) is 24.3 Å². The Morgan fingerprint density at radius 2 is 2.11 bits per heavy atom. The van der Waals surface area contributed by atoms with Gasteiger partial charge in [0.2, 0.25) is 5.91 Å². The van der Waals surface area contributed by atoms with E-state index in [-0.39, 0.29) is 18.4 Å². The Bertz CT molecular complexity index is 489.